The van der Waals surface area contributed by atoms with Gasteiger partial charge in [0.05, 0.1) is 11.4 Å². The van der Waals surface area contributed by atoms with Gasteiger partial charge < -0.3 is 10.6 Å². The lowest BCUT2D eigenvalue weighted by molar-refractivity contribution is 0.477. The van der Waals surface area contributed by atoms with E-state index in [4.69, 9.17) is 0 Å². The maximum absolute atomic E-state index is 12.6. The molecule has 0 radical (unpaired) electrons. The van der Waals surface area contributed by atoms with Crippen molar-refractivity contribution in [2.45, 2.75) is 57.5 Å². The van der Waals surface area contributed by atoms with Gasteiger partial charge in [-0.1, -0.05) is 12.1 Å². The minimum atomic E-state index is -3.37. The molecule has 172 valence electrons. The van der Waals surface area contributed by atoms with Crippen LogP contribution in [0.5, 0.6) is 0 Å². The van der Waals surface area contributed by atoms with Crippen molar-refractivity contribution in [2.75, 3.05) is 19.6 Å². The Morgan fingerprint density at radius 1 is 1.16 bits per heavy atom. The lowest BCUT2D eigenvalue weighted by atomic mass is 10.2. The Hall–Kier alpha value is -1.17. The van der Waals surface area contributed by atoms with Gasteiger partial charge in [-0.05, 0) is 63.4 Å². The maximum Gasteiger partial charge on any atom is 0.243 e. The molecule has 1 aliphatic rings. The van der Waals surface area contributed by atoms with Crippen molar-refractivity contribution in [1.29, 1.82) is 0 Å². The molecule has 1 saturated heterocycles. The number of guanidine groups is 1. The predicted molar refractivity (Wildman–Crippen MR) is 140 cm³/mol. The van der Waals surface area contributed by atoms with Crippen LogP contribution >= 0.6 is 35.3 Å². The Balaban J connectivity index is 0.00000341. The molecule has 1 fully saturated rings. The monoisotopic (exact) mass is 576 g/mol. The fourth-order valence-corrected chi connectivity index (χ4v) is 6.05. The zero-order valence-electron chi connectivity index (χ0n) is 18.4. The van der Waals surface area contributed by atoms with E-state index in [1.54, 1.807) is 16.4 Å². The van der Waals surface area contributed by atoms with Crippen LogP contribution in [0.4, 0.5) is 0 Å². The minimum absolute atomic E-state index is 0. The third-order valence-electron chi connectivity index (χ3n) is 5.08. The van der Waals surface area contributed by atoms with E-state index >= 15 is 0 Å². The Morgan fingerprint density at radius 2 is 1.84 bits per heavy atom. The molecule has 1 aliphatic heterocycles. The van der Waals surface area contributed by atoms with Crippen LogP contribution in [0.3, 0.4) is 0 Å². The first-order valence-electron chi connectivity index (χ1n) is 10.6. The van der Waals surface area contributed by atoms with Crippen molar-refractivity contribution in [3.8, 4) is 0 Å². The first-order valence-corrected chi connectivity index (χ1v) is 12.8. The van der Waals surface area contributed by atoms with E-state index in [9.17, 15) is 8.42 Å². The van der Waals surface area contributed by atoms with Crippen molar-refractivity contribution in [2.24, 2.45) is 4.99 Å². The molecule has 6 nitrogen and oxygen atoms in total. The molecule has 0 spiro atoms. The number of benzene rings is 1. The van der Waals surface area contributed by atoms with Crippen LogP contribution in [0.1, 0.15) is 42.0 Å². The van der Waals surface area contributed by atoms with E-state index in [1.165, 1.54) is 9.75 Å². The number of rotatable bonds is 8. The average Bonchev–Trinajstić information content (AvgIpc) is 3.39. The lowest BCUT2D eigenvalue weighted by Gasteiger charge is -2.17. The van der Waals surface area contributed by atoms with Gasteiger partial charge in [-0.15, -0.1) is 35.3 Å². The summed E-state index contributed by atoms with van der Waals surface area (Å²) in [6, 6.07) is 11.7. The third-order valence-corrected chi connectivity index (χ3v) is 8.01. The van der Waals surface area contributed by atoms with Crippen LogP contribution < -0.4 is 10.6 Å². The van der Waals surface area contributed by atoms with Crippen LogP contribution in [0.25, 0.3) is 0 Å². The minimum Gasteiger partial charge on any atom is -0.357 e. The van der Waals surface area contributed by atoms with E-state index in [-0.39, 0.29) is 30.0 Å². The molecule has 0 bridgehead atoms. The summed E-state index contributed by atoms with van der Waals surface area (Å²) in [4.78, 5) is 7.73. The average molecular weight is 577 g/mol. The second kappa shape index (κ2) is 12.2. The van der Waals surface area contributed by atoms with Crippen LogP contribution in [-0.4, -0.2) is 44.4 Å². The van der Waals surface area contributed by atoms with Gasteiger partial charge in [-0.3, -0.25) is 0 Å². The first-order chi connectivity index (χ1) is 14.4. The topological polar surface area (TPSA) is 73.8 Å². The number of hydrogen-bond acceptors (Lipinski definition) is 4. The fraction of sp³-hybridized carbons (Fsp3) is 0.500. The van der Waals surface area contributed by atoms with E-state index in [0.717, 1.165) is 37.3 Å². The van der Waals surface area contributed by atoms with Gasteiger partial charge in [0, 0.05) is 41.9 Å². The van der Waals surface area contributed by atoms with Crippen LogP contribution in [0, 0.1) is 6.92 Å². The molecular weight excluding hydrogens is 543 g/mol. The highest BCUT2D eigenvalue weighted by Gasteiger charge is 2.26. The Kier molecular flexibility index (Phi) is 10.2. The summed E-state index contributed by atoms with van der Waals surface area (Å²) in [5, 5.41) is 6.75. The summed E-state index contributed by atoms with van der Waals surface area (Å²) in [7, 11) is -3.37. The van der Waals surface area contributed by atoms with Crippen molar-refractivity contribution < 1.29 is 8.42 Å². The normalized spacial score (nSPS) is 16.0. The number of halogens is 1. The number of thiophene rings is 1. The quantitative estimate of drug-likeness (QED) is 0.282. The zero-order valence-corrected chi connectivity index (χ0v) is 22.4. The Bertz CT molecular complexity index is 952. The second-order valence-electron chi connectivity index (χ2n) is 7.71. The molecule has 2 N–H and O–H groups in total. The predicted octanol–water partition coefficient (Wildman–Crippen LogP) is 4.15. The Morgan fingerprint density at radius 3 is 2.42 bits per heavy atom. The number of nitrogens with zero attached hydrogens (tertiary/aromatic N) is 2. The smallest absolute Gasteiger partial charge is 0.243 e. The maximum atomic E-state index is 12.6. The summed E-state index contributed by atoms with van der Waals surface area (Å²) in [5.41, 5.74) is 0.981. The van der Waals surface area contributed by atoms with Crippen molar-refractivity contribution in [3.63, 3.8) is 0 Å². The Labute approximate surface area is 207 Å². The number of nitrogens with one attached hydrogen (secondary N) is 2. The highest BCUT2D eigenvalue weighted by Crippen LogP contribution is 2.21. The molecular formula is C22H33IN4O2S2. The van der Waals surface area contributed by atoms with Gasteiger partial charge in [0.15, 0.2) is 5.96 Å². The summed E-state index contributed by atoms with van der Waals surface area (Å²) in [5.74, 6) is 0.770. The molecule has 9 heteroatoms. The molecule has 1 atom stereocenters. The van der Waals surface area contributed by atoms with Crippen LogP contribution in [0.2, 0.25) is 0 Å². The van der Waals surface area contributed by atoms with E-state index in [0.29, 0.717) is 24.5 Å². The van der Waals surface area contributed by atoms with E-state index in [1.807, 2.05) is 30.4 Å². The zero-order chi connectivity index (χ0) is 21.6. The van der Waals surface area contributed by atoms with Gasteiger partial charge in [0.25, 0.3) is 0 Å². The number of hydrogen-bond donors (Lipinski definition) is 2. The van der Waals surface area contributed by atoms with Crippen molar-refractivity contribution >= 4 is 51.3 Å². The standard InChI is InChI=1S/C22H32N4O2S2.HI/c1-4-23-22(25-17(2)15-20-10-7-18(3)29-20)24-16-19-8-11-21(12-9-19)30(27,28)26-13-5-6-14-26;/h7-12,17H,4-6,13-16H2,1-3H3,(H2,23,24,25);1H. The van der Waals surface area contributed by atoms with Crippen LogP contribution in [-0.2, 0) is 23.0 Å². The number of sulfonamides is 1. The molecule has 31 heavy (non-hydrogen) atoms. The van der Waals surface area contributed by atoms with Gasteiger partial charge in [0.1, 0.15) is 0 Å². The molecule has 0 saturated carbocycles. The van der Waals surface area contributed by atoms with E-state index in [2.05, 4.69) is 41.6 Å². The van der Waals surface area contributed by atoms with Crippen LogP contribution in [0.15, 0.2) is 46.3 Å². The lowest BCUT2D eigenvalue weighted by Crippen LogP contribution is -2.43. The van der Waals surface area contributed by atoms with Crippen molar-refractivity contribution in [1.82, 2.24) is 14.9 Å². The van der Waals surface area contributed by atoms with Crippen molar-refractivity contribution in [3.05, 3.63) is 51.7 Å². The summed E-state index contributed by atoms with van der Waals surface area (Å²) in [6.45, 7) is 8.83. The summed E-state index contributed by atoms with van der Waals surface area (Å²) in [6.07, 6.45) is 2.83. The first kappa shape index (κ1) is 26.1. The molecule has 1 aromatic carbocycles. The number of aryl methyl sites for hydroxylation is 1. The van der Waals surface area contributed by atoms with Gasteiger partial charge in [-0.2, -0.15) is 4.31 Å². The largest absolute Gasteiger partial charge is 0.357 e. The molecule has 0 aliphatic carbocycles. The SMILES string of the molecule is CCNC(=NCc1ccc(S(=O)(=O)N2CCCC2)cc1)NC(C)Cc1ccc(C)s1.I. The molecule has 3 rings (SSSR count). The molecule has 1 aromatic heterocycles. The third kappa shape index (κ3) is 7.44. The van der Waals surface area contributed by atoms with Gasteiger partial charge >= 0.3 is 0 Å². The molecule has 2 heterocycles. The van der Waals surface area contributed by atoms with E-state index < -0.39 is 10.0 Å². The fourth-order valence-electron chi connectivity index (χ4n) is 3.52. The number of aliphatic imine (C=N–C) groups is 1. The highest BCUT2D eigenvalue weighted by molar-refractivity contribution is 14.0. The van der Waals surface area contributed by atoms with Gasteiger partial charge in [-0.25, -0.2) is 13.4 Å². The summed E-state index contributed by atoms with van der Waals surface area (Å²) < 4.78 is 26.9. The highest BCUT2D eigenvalue weighted by atomic mass is 127. The molecule has 2 aromatic rings. The van der Waals surface area contributed by atoms with Gasteiger partial charge in [0.2, 0.25) is 10.0 Å². The molecule has 1 unspecified atom stereocenters. The summed E-state index contributed by atoms with van der Waals surface area (Å²) >= 11 is 1.83. The molecule has 0 amide bonds. The second-order valence-corrected chi connectivity index (χ2v) is 11.0.